The van der Waals surface area contributed by atoms with Gasteiger partial charge >= 0.3 is 0 Å². The van der Waals surface area contributed by atoms with Gasteiger partial charge in [-0.25, -0.2) is 8.78 Å². The SMILES string of the molecule is COc1ccc(C(=O)NC(C)c2ccc(F)cc2F)c(OC)c1OC. The van der Waals surface area contributed by atoms with E-state index in [0.29, 0.717) is 5.75 Å². The minimum atomic E-state index is -0.730. The van der Waals surface area contributed by atoms with Crippen molar-refractivity contribution in [3.05, 3.63) is 53.1 Å². The number of carbonyl (C=O) groups excluding carboxylic acids is 1. The minimum Gasteiger partial charge on any atom is -0.493 e. The number of benzene rings is 2. The van der Waals surface area contributed by atoms with Crippen LogP contribution in [0.1, 0.15) is 28.9 Å². The lowest BCUT2D eigenvalue weighted by atomic mass is 10.1. The molecule has 0 saturated heterocycles. The molecule has 1 N–H and O–H groups in total. The van der Waals surface area contributed by atoms with Gasteiger partial charge in [-0.2, -0.15) is 0 Å². The average molecular weight is 351 g/mol. The quantitative estimate of drug-likeness (QED) is 0.866. The predicted octanol–water partition coefficient (Wildman–Crippen LogP) is 3.48. The van der Waals surface area contributed by atoms with Crippen LogP contribution in [0.2, 0.25) is 0 Å². The highest BCUT2D eigenvalue weighted by atomic mass is 19.1. The maximum atomic E-state index is 13.9. The summed E-state index contributed by atoms with van der Waals surface area (Å²) in [5.74, 6) is -1.01. The molecular formula is C18H19F2NO4. The highest BCUT2D eigenvalue weighted by Crippen LogP contribution is 2.39. The molecule has 0 fully saturated rings. The van der Waals surface area contributed by atoms with E-state index in [2.05, 4.69) is 5.32 Å². The Bertz CT molecular complexity index is 780. The molecule has 5 nitrogen and oxygen atoms in total. The number of halogens is 2. The molecule has 0 heterocycles. The topological polar surface area (TPSA) is 56.8 Å². The van der Waals surface area contributed by atoms with Gasteiger partial charge in [0.2, 0.25) is 5.75 Å². The third-order valence-corrected chi connectivity index (χ3v) is 3.73. The zero-order valence-electron chi connectivity index (χ0n) is 14.4. The first kappa shape index (κ1) is 18.5. The van der Waals surface area contributed by atoms with Crippen LogP contribution in [0.15, 0.2) is 30.3 Å². The molecule has 1 amide bonds. The van der Waals surface area contributed by atoms with Crippen LogP contribution >= 0.6 is 0 Å². The van der Waals surface area contributed by atoms with Gasteiger partial charge in [0, 0.05) is 11.6 Å². The van der Waals surface area contributed by atoms with E-state index in [4.69, 9.17) is 14.2 Å². The molecule has 0 aliphatic rings. The van der Waals surface area contributed by atoms with E-state index in [0.717, 1.165) is 12.1 Å². The van der Waals surface area contributed by atoms with Gasteiger partial charge in [-0.05, 0) is 25.1 Å². The molecule has 0 aromatic heterocycles. The van der Waals surface area contributed by atoms with E-state index in [1.165, 1.54) is 33.5 Å². The van der Waals surface area contributed by atoms with Crippen molar-refractivity contribution in [2.45, 2.75) is 13.0 Å². The standard InChI is InChI=1S/C18H19F2NO4/c1-10(12-6-5-11(19)9-14(12)20)21-18(22)13-7-8-15(23-2)17(25-4)16(13)24-3/h5-10H,1-4H3,(H,21,22). The Balaban J connectivity index is 2.31. The van der Waals surface area contributed by atoms with E-state index in [9.17, 15) is 13.6 Å². The van der Waals surface area contributed by atoms with Crippen molar-refractivity contribution in [2.24, 2.45) is 0 Å². The lowest BCUT2D eigenvalue weighted by Gasteiger charge is -2.18. The molecule has 7 heteroatoms. The summed E-state index contributed by atoms with van der Waals surface area (Å²) in [4.78, 5) is 12.6. The Morgan fingerprint density at radius 2 is 1.68 bits per heavy atom. The normalized spacial score (nSPS) is 11.6. The number of amides is 1. The van der Waals surface area contributed by atoms with Crippen LogP contribution in [-0.4, -0.2) is 27.2 Å². The van der Waals surface area contributed by atoms with Gasteiger partial charge in [0.1, 0.15) is 11.6 Å². The fourth-order valence-corrected chi connectivity index (χ4v) is 2.48. The van der Waals surface area contributed by atoms with Gasteiger partial charge in [-0.3, -0.25) is 4.79 Å². The number of rotatable bonds is 6. The molecule has 0 aliphatic heterocycles. The minimum absolute atomic E-state index is 0.175. The Hall–Kier alpha value is -2.83. The first-order valence-corrected chi connectivity index (χ1v) is 7.47. The van der Waals surface area contributed by atoms with Gasteiger partial charge < -0.3 is 19.5 Å². The molecule has 0 aliphatic carbocycles. The third-order valence-electron chi connectivity index (χ3n) is 3.73. The fourth-order valence-electron chi connectivity index (χ4n) is 2.48. The van der Waals surface area contributed by atoms with E-state index in [1.807, 2.05) is 0 Å². The summed E-state index contributed by atoms with van der Waals surface area (Å²) in [6.45, 7) is 1.60. The fraction of sp³-hybridized carbons (Fsp3) is 0.278. The molecule has 25 heavy (non-hydrogen) atoms. The van der Waals surface area contributed by atoms with Crippen molar-refractivity contribution in [2.75, 3.05) is 21.3 Å². The molecule has 2 aromatic carbocycles. The second kappa shape index (κ2) is 7.83. The lowest BCUT2D eigenvalue weighted by molar-refractivity contribution is 0.0935. The summed E-state index contributed by atoms with van der Waals surface area (Å²) >= 11 is 0. The Morgan fingerprint density at radius 3 is 2.24 bits per heavy atom. The predicted molar refractivity (Wildman–Crippen MR) is 88.3 cm³/mol. The van der Waals surface area contributed by atoms with E-state index >= 15 is 0 Å². The molecule has 0 bridgehead atoms. The molecule has 0 radical (unpaired) electrons. The summed E-state index contributed by atoms with van der Waals surface area (Å²) in [6, 6.07) is 5.61. The zero-order chi connectivity index (χ0) is 18.6. The van der Waals surface area contributed by atoms with E-state index < -0.39 is 23.6 Å². The molecule has 134 valence electrons. The van der Waals surface area contributed by atoms with Gasteiger partial charge in [0.05, 0.1) is 32.9 Å². The number of methoxy groups -OCH3 is 3. The van der Waals surface area contributed by atoms with Gasteiger partial charge in [-0.15, -0.1) is 0 Å². The molecule has 2 aromatic rings. The third kappa shape index (κ3) is 3.81. The maximum Gasteiger partial charge on any atom is 0.255 e. The van der Waals surface area contributed by atoms with Crippen LogP contribution in [0, 0.1) is 11.6 Å². The second-order valence-corrected chi connectivity index (χ2v) is 5.24. The number of carbonyl (C=O) groups is 1. The summed E-state index contributed by atoms with van der Waals surface area (Å²) in [5, 5.41) is 2.66. The number of hydrogen-bond acceptors (Lipinski definition) is 4. The van der Waals surface area contributed by atoms with Crippen LogP contribution in [0.4, 0.5) is 8.78 Å². The van der Waals surface area contributed by atoms with Crippen molar-refractivity contribution in [3.8, 4) is 17.2 Å². The summed E-state index contributed by atoms with van der Waals surface area (Å²) < 4.78 is 42.6. The Labute approximate surface area is 144 Å². The van der Waals surface area contributed by atoms with Crippen LogP contribution in [0.5, 0.6) is 17.2 Å². The highest BCUT2D eigenvalue weighted by molar-refractivity contribution is 5.98. The van der Waals surface area contributed by atoms with Crippen molar-refractivity contribution in [1.29, 1.82) is 0 Å². The van der Waals surface area contributed by atoms with Crippen molar-refractivity contribution in [3.63, 3.8) is 0 Å². The van der Waals surface area contributed by atoms with Crippen LogP contribution in [0.3, 0.4) is 0 Å². The van der Waals surface area contributed by atoms with Crippen molar-refractivity contribution >= 4 is 5.91 Å². The summed E-state index contributed by atoms with van der Waals surface area (Å²) in [6.07, 6.45) is 0. The number of nitrogens with one attached hydrogen (secondary N) is 1. The summed E-state index contributed by atoms with van der Waals surface area (Å²) in [7, 11) is 4.30. The van der Waals surface area contributed by atoms with E-state index in [1.54, 1.807) is 13.0 Å². The van der Waals surface area contributed by atoms with Crippen LogP contribution < -0.4 is 19.5 Å². The van der Waals surface area contributed by atoms with Gasteiger partial charge in [-0.1, -0.05) is 6.07 Å². The molecule has 2 rings (SSSR count). The number of ether oxygens (including phenoxy) is 3. The largest absolute Gasteiger partial charge is 0.493 e. The van der Waals surface area contributed by atoms with Crippen molar-refractivity contribution in [1.82, 2.24) is 5.32 Å². The molecule has 0 saturated carbocycles. The van der Waals surface area contributed by atoms with E-state index in [-0.39, 0.29) is 22.6 Å². The first-order chi connectivity index (χ1) is 11.9. The van der Waals surface area contributed by atoms with Gasteiger partial charge in [0.25, 0.3) is 5.91 Å². The number of hydrogen-bond donors (Lipinski definition) is 1. The highest BCUT2D eigenvalue weighted by Gasteiger charge is 2.22. The first-order valence-electron chi connectivity index (χ1n) is 7.47. The van der Waals surface area contributed by atoms with Crippen molar-refractivity contribution < 1.29 is 27.8 Å². The molecule has 1 unspecified atom stereocenters. The zero-order valence-corrected chi connectivity index (χ0v) is 14.4. The molecular weight excluding hydrogens is 332 g/mol. The molecule has 1 atom stereocenters. The maximum absolute atomic E-state index is 13.9. The van der Waals surface area contributed by atoms with Crippen LogP contribution in [-0.2, 0) is 0 Å². The summed E-state index contributed by atoms with van der Waals surface area (Å²) in [5.41, 5.74) is 0.378. The monoisotopic (exact) mass is 351 g/mol. The Kier molecular flexibility index (Phi) is 5.80. The molecule has 0 spiro atoms. The van der Waals surface area contributed by atoms with Crippen LogP contribution in [0.25, 0.3) is 0 Å². The van der Waals surface area contributed by atoms with Gasteiger partial charge in [0.15, 0.2) is 11.5 Å². The Morgan fingerprint density at radius 1 is 1.00 bits per heavy atom. The smallest absolute Gasteiger partial charge is 0.255 e. The lowest BCUT2D eigenvalue weighted by Crippen LogP contribution is -2.27. The average Bonchev–Trinajstić information content (AvgIpc) is 2.59. The second-order valence-electron chi connectivity index (χ2n) is 5.24.